The number of carboxylic acids is 1. The molecule has 1 N–H and O–H groups in total. The van der Waals surface area contributed by atoms with Crippen molar-refractivity contribution in [1.82, 2.24) is 9.97 Å². The molecule has 2 heterocycles. The van der Waals surface area contributed by atoms with E-state index in [4.69, 9.17) is 9.47 Å². The van der Waals surface area contributed by atoms with Crippen molar-refractivity contribution in [2.75, 3.05) is 7.11 Å². The highest BCUT2D eigenvalue weighted by atomic mass is 19.1. The zero-order valence-corrected chi connectivity index (χ0v) is 20.6. The number of fused-ring (bicyclic) bond motifs is 4. The van der Waals surface area contributed by atoms with E-state index in [0.29, 0.717) is 17.3 Å². The van der Waals surface area contributed by atoms with E-state index in [2.05, 4.69) is 23.8 Å². The van der Waals surface area contributed by atoms with Crippen LogP contribution < -0.4 is 9.47 Å². The van der Waals surface area contributed by atoms with E-state index in [9.17, 15) is 9.90 Å². The molecule has 0 saturated heterocycles. The topological polar surface area (TPSA) is 81.5 Å². The van der Waals surface area contributed by atoms with E-state index >= 15 is 4.39 Å². The molecule has 0 bridgehead atoms. The fraction of sp³-hybridized carbons (Fsp3) is 0.414. The molecule has 36 heavy (non-hydrogen) atoms. The van der Waals surface area contributed by atoms with Crippen molar-refractivity contribution in [3.63, 3.8) is 0 Å². The molecule has 4 unspecified atom stereocenters. The molecule has 0 radical (unpaired) electrons. The first-order chi connectivity index (χ1) is 17.3. The minimum absolute atomic E-state index is 0.0584. The van der Waals surface area contributed by atoms with Crippen LogP contribution in [0.4, 0.5) is 4.39 Å². The summed E-state index contributed by atoms with van der Waals surface area (Å²) < 4.78 is 26.8. The van der Waals surface area contributed by atoms with Crippen molar-refractivity contribution in [2.45, 2.75) is 57.0 Å². The molecular weight excluding hydrogens is 459 g/mol. The SMILES string of the molecule is COc1ncccc1C1CCC(C)(C)c2cc(F)c(COc3cc4c(cn3)C3C(C4)C3C(=O)O)cc21. The lowest BCUT2D eigenvalue weighted by Gasteiger charge is -2.38. The van der Waals surface area contributed by atoms with Crippen LogP contribution in [0.15, 0.2) is 42.7 Å². The zero-order valence-electron chi connectivity index (χ0n) is 20.6. The van der Waals surface area contributed by atoms with Crippen LogP contribution in [0.2, 0.25) is 0 Å². The van der Waals surface area contributed by atoms with E-state index in [0.717, 1.165) is 47.1 Å². The first kappa shape index (κ1) is 23.0. The number of ether oxygens (including phenoxy) is 2. The molecule has 6 nitrogen and oxygen atoms in total. The van der Waals surface area contributed by atoms with Gasteiger partial charge in [-0.25, -0.2) is 14.4 Å². The second-order valence-electron chi connectivity index (χ2n) is 10.9. The van der Waals surface area contributed by atoms with Crippen molar-refractivity contribution >= 4 is 5.97 Å². The van der Waals surface area contributed by atoms with Crippen molar-refractivity contribution in [3.8, 4) is 11.8 Å². The van der Waals surface area contributed by atoms with E-state index in [-0.39, 0.29) is 41.5 Å². The molecule has 0 aliphatic heterocycles. The third kappa shape index (κ3) is 3.64. The van der Waals surface area contributed by atoms with Crippen LogP contribution in [0.25, 0.3) is 0 Å². The number of halogens is 1. The molecule has 0 spiro atoms. The molecule has 7 heteroatoms. The third-order valence-corrected chi connectivity index (χ3v) is 8.39. The van der Waals surface area contributed by atoms with Crippen LogP contribution in [-0.2, 0) is 23.2 Å². The van der Waals surface area contributed by atoms with Gasteiger partial charge in [0.05, 0.1) is 13.0 Å². The lowest BCUT2D eigenvalue weighted by atomic mass is 9.67. The summed E-state index contributed by atoms with van der Waals surface area (Å²) in [7, 11) is 1.62. The fourth-order valence-electron chi connectivity index (χ4n) is 6.42. The fourth-order valence-corrected chi connectivity index (χ4v) is 6.42. The summed E-state index contributed by atoms with van der Waals surface area (Å²) in [6.45, 7) is 4.38. The van der Waals surface area contributed by atoms with Gasteiger partial charge >= 0.3 is 5.97 Å². The molecule has 3 aromatic rings. The van der Waals surface area contributed by atoms with Gasteiger partial charge in [-0.15, -0.1) is 0 Å². The van der Waals surface area contributed by atoms with Crippen LogP contribution in [0.1, 0.15) is 71.9 Å². The Balaban J connectivity index is 1.28. The number of nitrogens with zero attached hydrogens (tertiary/aromatic N) is 2. The number of carboxylic acid groups (broad SMARTS) is 1. The van der Waals surface area contributed by atoms with Gasteiger partial charge in [0, 0.05) is 41.4 Å². The third-order valence-electron chi connectivity index (χ3n) is 8.39. The molecule has 3 aliphatic rings. The highest BCUT2D eigenvalue weighted by Gasteiger charge is 2.60. The minimum Gasteiger partial charge on any atom is -0.481 e. The van der Waals surface area contributed by atoms with Crippen molar-refractivity contribution < 1.29 is 23.8 Å². The Morgan fingerprint density at radius 3 is 2.81 bits per heavy atom. The lowest BCUT2D eigenvalue weighted by Crippen LogP contribution is -2.27. The van der Waals surface area contributed by atoms with Crippen molar-refractivity contribution in [1.29, 1.82) is 0 Å². The molecule has 1 aromatic carbocycles. The molecule has 4 atom stereocenters. The number of hydrogen-bond donors (Lipinski definition) is 1. The minimum atomic E-state index is -0.732. The van der Waals surface area contributed by atoms with Gasteiger partial charge in [0.2, 0.25) is 11.8 Å². The highest BCUT2D eigenvalue weighted by molar-refractivity contribution is 5.77. The van der Waals surface area contributed by atoms with Gasteiger partial charge in [-0.1, -0.05) is 19.9 Å². The Kier molecular flexibility index (Phi) is 5.28. The van der Waals surface area contributed by atoms with Crippen molar-refractivity contribution in [3.05, 3.63) is 81.9 Å². The van der Waals surface area contributed by atoms with Crippen LogP contribution in [0.5, 0.6) is 11.8 Å². The lowest BCUT2D eigenvalue weighted by molar-refractivity contribution is -0.139. The first-order valence-corrected chi connectivity index (χ1v) is 12.4. The summed E-state index contributed by atoms with van der Waals surface area (Å²) >= 11 is 0. The van der Waals surface area contributed by atoms with Gasteiger partial charge in [-0.2, -0.15) is 0 Å². The van der Waals surface area contributed by atoms with Crippen LogP contribution in [0.3, 0.4) is 0 Å². The molecule has 1 fully saturated rings. The summed E-state index contributed by atoms with van der Waals surface area (Å²) in [6.07, 6.45) is 6.03. The number of carbonyl (C=O) groups is 1. The molecule has 186 valence electrons. The van der Waals surface area contributed by atoms with Gasteiger partial charge < -0.3 is 14.6 Å². The molecule has 0 amide bonds. The van der Waals surface area contributed by atoms with Crippen molar-refractivity contribution in [2.24, 2.45) is 11.8 Å². The summed E-state index contributed by atoms with van der Waals surface area (Å²) in [5.74, 6) is 0.0240. The molecular formula is C29H29FN2O4. The number of benzene rings is 1. The summed E-state index contributed by atoms with van der Waals surface area (Å²) in [5.41, 5.74) is 5.54. The monoisotopic (exact) mass is 488 g/mol. The van der Waals surface area contributed by atoms with Crippen LogP contribution in [-0.4, -0.2) is 28.2 Å². The van der Waals surface area contributed by atoms with E-state index in [1.807, 2.05) is 24.3 Å². The molecule has 2 aromatic heterocycles. The highest BCUT2D eigenvalue weighted by Crippen LogP contribution is 2.61. The Hall–Kier alpha value is -3.48. The molecule has 3 aliphatic carbocycles. The first-order valence-electron chi connectivity index (χ1n) is 12.4. The summed E-state index contributed by atoms with van der Waals surface area (Å²) in [5, 5.41) is 9.32. The van der Waals surface area contributed by atoms with Gasteiger partial charge in [-0.05, 0) is 71.0 Å². The van der Waals surface area contributed by atoms with Gasteiger partial charge in [0.1, 0.15) is 12.4 Å². The predicted octanol–water partition coefficient (Wildman–Crippen LogP) is 5.38. The van der Waals surface area contributed by atoms with E-state index in [1.54, 1.807) is 25.6 Å². The maximum atomic E-state index is 15.3. The Morgan fingerprint density at radius 2 is 2.03 bits per heavy atom. The van der Waals surface area contributed by atoms with E-state index < -0.39 is 5.97 Å². The Bertz CT molecular complexity index is 1370. The average Bonchev–Trinajstić information content (AvgIpc) is 3.46. The van der Waals surface area contributed by atoms with E-state index in [1.165, 1.54) is 0 Å². The number of aromatic nitrogens is 2. The second kappa shape index (κ2) is 8.29. The maximum Gasteiger partial charge on any atom is 0.307 e. The predicted molar refractivity (Wildman–Crippen MR) is 131 cm³/mol. The number of methoxy groups -OCH3 is 1. The van der Waals surface area contributed by atoms with Gasteiger partial charge in [0.15, 0.2) is 0 Å². The number of aliphatic carboxylic acids is 1. The normalized spacial score (nSPS) is 24.9. The number of hydrogen-bond acceptors (Lipinski definition) is 5. The van der Waals surface area contributed by atoms with Crippen LogP contribution in [0, 0.1) is 17.7 Å². The smallest absolute Gasteiger partial charge is 0.307 e. The molecule has 6 rings (SSSR count). The Morgan fingerprint density at radius 1 is 1.19 bits per heavy atom. The number of pyridine rings is 2. The number of rotatable bonds is 6. The molecule has 1 saturated carbocycles. The standard InChI is InChI=1S/C29H29FN2O4/c1-29(2)7-6-17(18-5-4-8-31-27(18)35-3)19-10-16(23(30)12-22(19)29)14-36-24-11-15-9-20-25(21(15)13-32-24)26(20)28(33)34/h4-5,8,10-13,17,20,25-26H,6-7,9,14H2,1-3H3,(H,33,34). The van der Waals surface area contributed by atoms with Crippen LogP contribution >= 0.6 is 0 Å². The van der Waals surface area contributed by atoms with Gasteiger partial charge in [-0.3, -0.25) is 4.79 Å². The average molecular weight is 489 g/mol. The second-order valence-corrected chi connectivity index (χ2v) is 10.9. The largest absolute Gasteiger partial charge is 0.481 e. The summed E-state index contributed by atoms with van der Waals surface area (Å²) in [6, 6.07) is 9.42. The quantitative estimate of drug-likeness (QED) is 0.502. The van der Waals surface area contributed by atoms with Gasteiger partial charge in [0.25, 0.3) is 0 Å². The Labute approximate surface area is 209 Å². The zero-order chi connectivity index (χ0) is 25.2. The maximum absolute atomic E-state index is 15.3. The summed E-state index contributed by atoms with van der Waals surface area (Å²) in [4.78, 5) is 20.1.